The summed E-state index contributed by atoms with van der Waals surface area (Å²) in [5, 5.41) is 12.1. The van der Waals surface area contributed by atoms with Gasteiger partial charge in [-0.1, -0.05) is 46.7 Å². The predicted octanol–water partition coefficient (Wildman–Crippen LogP) is 5.44. The van der Waals surface area contributed by atoms with Crippen LogP contribution < -0.4 is 4.43 Å². The third-order valence-electron chi connectivity index (χ3n) is 4.42. The second-order valence-electron chi connectivity index (χ2n) is 6.63. The number of hydrogen-bond acceptors (Lipinski definition) is 3. The van der Waals surface area contributed by atoms with E-state index < -0.39 is 8.32 Å². The molecule has 0 unspecified atom stereocenters. The lowest BCUT2D eigenvalue weighted by atomic mass is 10.1. The molecule has 0 aliphatic rings. The Morgan fingerprint density at radius 3 is 1.71 bits per heavy atom. The van der Waals surface area contributed by atoms with Crippen molar-refractivity contribution in [2.75, 3.05) is 0 Å². The molecule has 118 valence electrons. The Balaban J connectivity index is 3.10. The Labute approximate surface area is 130 Å². The molecule has 3 nitrogen and oxygen atoms in total. The van der Waals surface area contributed by atoms with Gasteiger partial charge in [0, 0.05) is 0 Å². The molecule has 0 bridgehead atoms. The normalized spacial score (nSPS) is 13.3. The molecule has 0 spiro atoms. The molecule has 1 N–H and O–H groups in total. The summed E-state index contributed by atoms with van der Waals surface area (Å²) in [6.07, 6.45) is 0. The van der Waals surface area contributed by atoms with Crippen LogP contribution in [-0.4, -0.2) is 19.2 Å². The molecular formula is C17H29NO2Si. The molecule has 1 aromatic rings. The van der Waals surface area contributed by atoms with Gasteiger partial charge >= 0.3 is 0 Å². The largest absolute Gasteiger partial charge is 0.543 e. The maximum atomic E-state index is 8.83. The minimum absolute atomic E-state index is 0.554. The van der Waals surface area contributed by atoms with Crippen LogP contribution in [0.15, 0.2) is 29.4 Å². The number of oxime groups is 1. The van der Waals surface area contributed by atoms with Crippen LogP contribution in [-0.2, 0) is 0 Å². The molecule has 0 heterocycles. The van der Waals surface area contributed by atoms with E-state index in [0.29, 0.717) is 22.3 Å². The van der Waals surface area contributed by atoms with Gasteiger partial charge in [0.25, 0.3) is 8.32 Å². The maximum Gasteiger partial charge on any atom is 0.258 e. The average Bonchev–Trinajstić information content (AvgIpc) is 2.43. The average molecular weight is 308 g/mol. The molecule has 0 fully saturated rings. The topological polar surface area (TPSA) is 41.8 Å². The number of hydrogen-bond donors (Lipinski definition) is 1. The summed E-state index contributed by atoms with van der Waals surface area (Å²) in [6.45, 7) is 15.5. The molecule has 1 aromatic carbocycles. The van der Waals surface area contributed by atoms with Gasteiger partial charge < -0.3 is 9.63 Å². The quantitative estimate of drug-likeness (QED) is 0.329. The summed E-state index contributed by atoms with van der Waals surface area (Å²) in [4.78, 5) is 0. The summed E-state index contributed by atoms with van der Waals surface area (Å²) in [5.74, 6) is 0.923. The van der Waals surface area contributed by atoms with E-state index in [0.717, 1.165) is 11.3 Å². The summed E-state index contributed by atoms with van der Waals surface area (Å²) in [5.41, 5.74) is 3.19. The highest BCUT2D eigenvalue weighted by molar-refractivity contribution is 6.78. The summed E-state index contributed by atoms with van der Waals surface area (Å²) in [6, 6.07) is 7.87. The zero-order chi connectivity index (χ0) is 16.2. The van der Waals surface area contributed by atoms with Crippen molar-refractivity contribution in [1.29, 1.82) is 0 Å². The molecule has 0 saturated heterocycles. The first kappa shape index (κ1) is 17.8. The monoisotopic (exact) mass is 307 g/mol. The van der Waals surface area contributed by atoms with E-state index in [2.05, 4.69) is 46.7 Å². The highest BCUT2D eigenvalue weighted by atomic mass is 28.4. The van der Waals surface area contributed by atoms with Gasteiger partial charge in [-0.3, -0.25) is 0 Å². The number of nitrogens with zero attached hydrogens (tertiary/aromatic N) is 1. The third kappa shape index (κ3) is 3.67. The Morgan fingerprint density at radius 2 is 1.38 bits per heavy atom. The summed E-state index contributed by atoms with van der Waals surface area (Å²) in [7, 11) is -1.90. The van der Waals surface area contributed by atoms with Gasteiger partial charge in [0.15, 0.2) is 0 Å². The van der Waals surface area contributed by atoms with Gasteiger partial charge in [-0.2, -0.15) is 0 Å². The van der Waals surface area contributed by atoms with E-state index in [4.69, 9.17) is 9.63 Å². The SMILES string of the molecule is CC(=NO)c1ccc(O[Si](C(C)C)(C(C)C)C(C)C)cc1. The Hall–Kier alpha value is -1.29. The highest BCUT2D eigenvalue weighted by Gasteiger charge is 2.46. The van der Waals surface area contributed by atoms with Crippen molar-refractivity contribution >= 4 is 14.0 Å². The maximum absolute atomic E-state index is 8.83. The first-order chi connectivity index (χ1) is 9.75. The molecular weight excluding hydrogens is 278 g/mol. The van der Waals surface area contributed by atoms with Crippen LogP contribution in [0.1, 0.15) is 54.0 Å². The molecule has 4 heteroatoms. The van der Waals surface area contributed by atoms with Crippen molar-refractivity contribution in [2.45, 2.75) is 65.1 Å². The molecule has 0 saturated carbocycles. The Kier molecular flexibility index (Phi) is 6.02. The van der Waals surface area contributed by atoms with E-state index in [1.54, 1.807) is 6.92 Å². The zero-order valence-electron chi connectivity index (χ0n) is 14.3. The molecule has 0 amide bonds. The van der Waals surface area contributed by atoms with Gasteiger partial charge in [0.1, 0.15) is 5.75 Å². The van der Waals surface area contributed by atoms with Crippen molar-refractivity contribution in [2.24, 2.45) is 5.16 Å². The van der Waals surface area contributed by atoms with Crippen molar-refractivity contribution in [3.8, 4) is 5.75 Å². The summed E-state index contributed by atoms with van der Waals surface area (Å²) >= 11 is 0. The fraction of sp³-hybridized carbons (Fsp3) is 0.588. The van der Waals surface area contributed by atoms with Gasteiger partial charge in [-0.05, 0) is 53.4 Å². The van der Waals surface area contributed by atoms with E-state index >= 15 is 0 Å². The second kappa shape index (κ2) is 7.12. The smallest absolute Gasteiger partial charge is 0.258 e. The third-order valence-corrected chi connectivity index (χ3v) is 10.4. The molecule has 0 aromatic heterocycles. The molecule has 0 aliphatic heterocycles. The first-order valence-electron chi connectivity index (χ1n) is 7.73. The van der Waals surface area contributed by atoms with Crippen molar-refractivity contribution in [3.05, 3.63) is 29.8 Å². The zero-order valence-corrected chi connectivity index (χ0v) is 15.3. The lowest BCUT2D eigenvalue weighted by Crippen LogP contribution is -2.50. The minimum atomic E-state index is -1.90. The van der Waals surface area contributed by atoms with Crippen LogP contribution in [0.5, 0.6) is 5.75 Å². The lowest BCUT2D eigenvalue weighted by Gasteiger charge is -2.42. The molecule has 1 rings (SSSR count). The molecule has 0 atom stereocenters. The number of benzene rings is 1. The van der Waals surface area contributed by atoms with E-state index in [1.165, 1.54) is 0 Å². The van der Waals surface area contributed by atoms with Crippen molar-refractivity contribution in [3.63, 3.8) is 0 Å². The first-order valence-corrected chi connectivity index (χ1v) is 9.87. The molecule has 0 aliphatic carbocycles. The molecule has 0 radical (unpaired) electrons. The fourth-order valence-electron chi connectivity index (χ4n) is 3.38. The van der Waals surface area contributed by atoms with Crippen LogP contribution in [0, 0.1) is 0 Å². The standard InChI is InChI=1S/C17H29NO2Si/c1-12(2)21(13(3)4,14(5)6)20-17-10-8-16(9-11-17)15(7)18-19/h8-14,19H,1-7H3. The van der Waals surface area contributed by atoms with Crippen LogP contribution >= 0.6 is 0 Å². The highest BCUT2D eigenvalue weighted by Crippen LogP contribution is 2.42. The Bertz CT molecular complexity index is 456. The van der Waals surface area contributed by atoms with Crippen molar-refractivity contribution in [1.82, 2.24) is 0 Å². The Morgan fingerprint density at radius 1 is 0.952 bits per heavy atom. The van der Waals surface area contributed by atoms with Crippen molar-refractivity contribution < 1.29 is 9.63 Å². The van der Waals surface area contributed by atoms with E-state index in [9.17, 15) is 0 Å². The fourth-order valence-corrected chi connectivity index (χ4v) is 8.63. The van der Waals surface area contributed by atoms with Gasteiger partial charge in [-0.25, -0.2) is 0 Å². The van der Waals surface area contributed by atoms with E-state index in [1.807, 2.05) is 24.3 Å². The number of rotatable bonds is 6. The van der Waals surface area contributed by atoms with Crippen LogP contribution in [0.2, 0.25) is 16.6 Å². The van der Waals surface area contributed by atoms with E-state index in [-0.39, 0.29) is 0 Å². The summed E-state index contributed by atoms with van der Waals surface area (Å²) < 4.78 is 6.59. The van der Waals surface area contributed by atoms with Gasteiger partial charge in [-0.15, -0.1) is 0 Å². The van der Waals surface area contributed by atoms with Gasteiger partial charge in [0.05, 0.1) is 5.71 Å². The lowest BCUT2D eigenvalue weighted by molar-refractivity contribution is 0.319. The predicted molar refractivity (Wildman–Crippen MR) is 92.1 cm³/mol. The minimum Gasteiger partial charge on any atom is -0.543 e. The van der Waals surface area contributed by atoms with Crippen LogP contribution in [0.3, 0.4) is 0 Å². The molecule has 21 heavy (non-hydrogen) atoms. The van der Waals surface area contributed by atoms with Gasteiger partial charge in [0.2, 0.25) is 0 Å². The van der Waals surface area contributed by atoms with Crippen LogP contribution in [0.4, 0.5) is 0 Å². The van der Waals surface area contributed by atoms with Crippen LogP contribution in [0.25, 0.3) is 0 Å². The second-order valence-corrected chi connectivity index (χ2v) is 12.0.